The third kappa shape index (κ3) is 4.31. The molecular formula is C21H22N4O3. The number of hydrogen-bond acceptors (Lipinski definition) is 6. The summed E-state index contributed by atoms with van der Waals surface area (Å²) in [5.41, 5.74) is 1.15. The van der Waals surface area contributed by atoms with Crippen molar-refractivity contribution in [1.29, 1.82) is 0 Å². The van der Waals surface area contributed by atoms with E-state index in [4.69, 9.17) is 9.15 Å². The van der Waals surface area contributed by atoms with Crippen LogP contribution in [0.15, 0.2) is 65.5 Å². The second-order valence-corrected chi connectivity index (χ2v) is 6.68. The van der Waals surface area contributed by atoms with Crippen LogP contribution in [-0.2, 0) is 0 Å². The van der Waals surface area contributed by atoms with E-state index in [0.717, 1.165) is 24.9 Å². The number of carbonyl (C=O) groups excluding carboxylic acids is 1. The van der Waals surface area contributed by atoms with Crippen LogP contribution in [0, 0.1) is 0 Å². The minimum Gasteiger partial charge on any atom is -0.490 e. The lowest BCUT2D eigenvalue weighted by Crippen LogP contribution is -2.46. The summed E-state index contributed by atoms with van der Waals surface area (Å²) in [5, 5.41) is 3.06. The van der Waals surface area contributed by atoms with Crippen molar-refractivity contribution < 1.29 is 13.9 Å². The summed E-state index contributed by atoms with van der Waals surface area (Å²) >= 11 is 0. The topological polar surface area (TPSA) is 80.5 Å². The van der Waals surface area contributed by atoms with Crippen LogP contribution in [0.4, 0.5) is 11.7 Å². The van der Waals surface area contributed by atoms with Gasteiger partial charge in [-0.25, -0.2) is 0 Å². The van der Waals surface area contributed by atoms with E-state index in [2.05, 4.69) is 15.3 Å². The van der Waals surface area contributed by atoms with E-state index in [1.807, 2.05) is 47.4 Å². The highest BCUT2D eigenvalue weighted by Crippen LogP contribution is 2.22. The van der Waals surface area contributed by atoms with Crippen LogP contribution in [-0.4, -0.2) is 40.0 Å². The largest absolute Gasteiger partial charge is 0.490 e. The van der Waals surface area contributed by atoms with Crippen LogP contribution in [0.2, 0.25) is 0 Å². The molecule has 1 unspecified atom stereocenters. The molecule has 1 saturated heterocycles. The van der Waals surface area contributed by atoms with Gasteiger partial charge in [-0.15, -0.1) is 0 Å². The summed E-state index contributed by atoms with van der Waals surface area (Å²) in [6.07, 6.45) is 7.73. The number of aromatic nitrogens is 2. The first-order chi connectivity index (χ1) is 13.8. The lowest BCUT2D eigenvalue weighted by molar-refractivity contribution is 0.0522. The van der Waals surface area contributed by atoms with Gasteiger partial charge in [0, 0.05) is 18.4 Å². The van der Waals surface area contributed by atoms with Crippen LogP contribution in [0.5, 0.6) is 5.75 Å². The van der Waals surface area contributed by atoms with Gasteiger partial charge in [-0.2, -0.15) is 4.98 Å². The fraction of sp³-hybridized carbons (Fsp3) is 0.286. The van der Waals surface area contributed by atoms with E-state index >= 15 is 0 Å². The Labute approximate surface area is 163 Å². The third-order valence-corrected chi connectivity index (χ3v) is 4.71. The van der Waals surface area contributed by atoms with E-state index in [0.29, 0.717) is 30.6 Å². The van der Waals surface area contributed by atoms with Crippen LogP contribution >= 0.6 is 0 Å². The van der Waals surface area contributed by atoms with Crippen molar-refractivity contribution in [3.8, 4) is 5.75 Å². The molecule has 1 fully saturated rings. The summed E-state index contributed by atoms with van der Waals surface area (Å²) in [6.45, 7) is 1.12. The standard InChI is InChI=1S/C21H22N4O3/c26-20(19-15-28-21(24-19)23-16-7-2-1-3-8-16)25-12-5-4-9-17(25)14-27-18-10-6-11-22-13-18/h1-3,6-8,10-11,13,15,17H,4-5,9,12,14H2,(H,23,24). The number of ether oxygens (including phenoxy) is 1. The maximum Gasteiger partial charge on any atom is 0.299 e. The zero-order valence-electron chi connectivity index (χ0n) is 15.5. The predicted octanol–water partition coefficient (Wildman–Crippen LogP) is 3.89. The number of oxazole rings is 1. The molecule has 0 radical (unpaired) electrons. The Morgan fingerprint density at radius 1 is 1.21 bits per heavy atom. The van der Waals surface area contributed by atoms with Gasteiger partial charge in [-0.05, 0) is 43.5 Å². The number of piperidine rings is 1. The summed E-state index contributed by atoms with van der Waals surface area (Å²) in [4.78, 5) is 23.2. The number of likely N-dealkylation sites (tertiary alicyclic amines) is 1. The molecule has 0 saturated carbocycles. The first-order valence-corrected chi connectivity index (χ1v) is 9.41. The van der Waals surface area contributed by atoms with Gasteiger partial charge in [0.25, 0.3) is 11.9 Å². The Morgan fingerprint density at radius 2 is 2.11 bits per heavy atom. The molecular weight excluding hydrogens is 356 g/mol. The Balaban J connectivity index is 1.42. The van der Waals surface area contributed by atoms with E-state index in [1.54, 1.807) is 12.4 Å². The van der Waals surface area contributed by atoms with E-state index in [-0.39, 0.29) is 11.9 Å². The Bertz CT molecular complexity index is 898. The lowest BCUT2D eigenvalue weighted by Gasteiger charge is -2.35. The van der Waals surface area contributed by atoms with Gasteiger partial charge in [0.1, 0.15) is 18.6 Å². The fourth-order valence-electron chi connectivity index (χ4n) is 3.29. The zero-order chi connectivity index (χ0) is 19.2. The number of nitrogens with zero attached hydrogens (tertiary/aromatic N) is 3. The zero-order valence-corrected chi connectivity index (χ0v) is 15.5. The maximum absolute atomic E-state index is 13.0. The van der Waals surface area contributed by atoms with Gasteiger partial charge in [0.2, 0.25) is 0 Å². The summed E-state index contributed by atoms with van der Waals surface area (Å²) in [5.74, 6) is 0.570. The van der Waals surface area contributed by atoms with E-state index in [9.17, 15) is 4.79 Å². The summed E-state index contributed by atoms with van der Waals surface area (Å²) in [7, 11) is 0. The molecule has 1 aliphatic heterocycles. The molecule has 144 valence electrons. The molecule has 0 bridgehead atoms. The molecule has 1 amide bonds. The monoisotopic (exact) mass is 378 g/mol. The molecule has 1 aliphatic rings. The van der Waals surface area contributed by atoms with Gasteiger partial charge >= 0.3 is 0 Å². The van der Waals surface area contributed by atoms with Crippen molar-refractivity contribution in [3.63, 3.8) is 0 Å². The van der Waals surface area contributed by atoms with Crippen molar-refractivity contribution in [3.05, 3.63) is 66.8 Å². The van der Waals surface area contributed by atoms with Crippen molar-refractivity contribution in [2.24, 2.45) is 0 Å². The maximum atomic E-state index is 13.0. The number of para-hydroxylation sites is 1. The third-order valence-electron chi connectivity index (χ3n) is 4.71. The molecule has 1 atom stereocenters. The van der Waals surface area contributed by atoms with E-state index < -0.39 is 0 Å². The molecule has 4 rings (SSSR count). The highest BCUT2D eigenvalue weighted by atomic mass is 16.5. The van der Waals surface area contributed by atoms with Crippen molar-refractivity contribution >= 4 is 17.6 Å². The number of carbonyl (C=O) groups is 1. The van der Waals surface area contributed by atoms with Crippen LogP contribution in [0.3, 0.4) is 0 Å². The Kier molecular flexibility index (Phi) is 5.51. The molecule has 2 aromatic heterocycles. The molecule has 0 spiro atoms. The van der Waals surface area contributed by atoms with Crippen molar-refractivity contribution in [2.45, 2.75) is 25.3 Å². The molecule has 28 heavy (non-hydrogen) atoms. The van der Waals surface area contributed by atoms with Gasteiger partial charge in [-0.3, -0.25) is 9.78 Å². The number of rotatable bonds is 6. The lowest BCUT2D eigenvalue weighted by atomic mass is 10.0. The minimum atomic E-state index is -0.135. The molecule has 7 nitrogen and oxygen atoms in total. The SMILES string of the molecule is O=C(c1coc(Nc2ccccc2)n1)N1CCCCC1COc1cccnc1. The second-order valence-electron chi connectivity index (χ2n) is 6.68. The minimum absolute atomic E-state index is 0.00342. The van der Waals surface area contributed by atoms with Crippen LogP contribution in [0.25, 0.3) is 0 Å². The van der Waals surface area contributed by atoms with Crippen molar-refractivity contribution in [1.82, 2.24) is 14.9 Å². The quantitative estimate of drug-likeness (QED) is 0.701. The average molecular weight is 378 g/mol. The van der Waals surface area contributed by atoms with E-state index in [1.165, 1.54) is 6.26 Å². The number of anilines is 2. The Morgan fingerprint density at radius 3 is 2.93 bits per heavy atom. The van der Waals surface area contributed by atoms with Gasteiger partial charge in [-0.1, -0.05) is 18.2 Å². The number of amides is 1. The summed E-state index contributed by atoms with van der Waals surface area (Å²) in [6, 6.07) is 13.6. The molecule has 7 heteroatoms. The number of benzene rings is 1. The predicted molar refractivity (Wildman–Crippen MR) is 105 cm³/mol. The molecule has 0 aliphatic carbocycles. The highest BCUT2D eigenvalue weighted by Gasteiger charge is 2.29. The average Bonchev–Trinajstić information content (AvgIpc) is 3.22. The molecule has 1 aromatic carbocycles. The normalized spacial score (nSPS) is 16.6. The Hall–Kier alpha value is -3.35. The van der Waals surface area contributed by atoms with Crippen molar-refractivity contribution in [2.75, 3.05) is 18.5 Å². The number of nitrogens with one attached hydrogen (secondary N) is 1. The van der Waals surface area contributed by atoms with Gasteiger partial charge in [0.15, 0.2) is 5.69 Å². The smallest absolute Gasteiger partial charge is 0.299 e. The first-order valence-electron chi connectivity index (χ1n) is 9.41. The summed E-state index contributed by atoms with van der Waals surface area (Å²) < 4.78 is 11.3. The molecule has 1 N–H and O–H groups in total. The first kappa shape index (κ1) is 18.0. The van der Waals surface area contributed by atoms with Crippen LogP contribution in [0.1, 0.15) is 29.8 Å². The number of hydrogen-bond donors (Lipinski definition) is 1. The fourth-order valence-corrected chi connectivity index (χ4v) is 3.29. The highest BCUT2D eigenvalue weighted by molar-refractivity contribution is 5.92. The molecule has 3 heterocycles. The van der Waals surface area contributed by atoms with Gasteiger partial charge < -0.3 is 19.4 Å². The van der Waals surface area contributed by atoms with Gasteiger partial charge in [0.05, 0.1) is 12.2 Å². The second kappa shape index (κ2) is 8.56. The number of pyridine rings is 1. The molecule has 3 aromatic rings. The van der Waals surface area contributed by atoms with Crippen LogP contribution < -0.4 is 10.1 Å².